The summed E-state index contributed by atoms with van der Waals surface area (Å²) in [7, 11) is 0. The summed E-state index contributed by atoms with van der Waals surface area (Å²) in [6.45, 7) is 3.70. The van der Waals surface area contributed by atoms with E-state index in [-0.39, 0.29) is 18.2 Å². The second-order valence-electron chi connectivity index (χ2n) is 7.36. The maximum Gasteiger partial charge on any atom is 0.329 e. The van der Waals surface area contributed by atoms with Gasteiger partial charge in [0.2, 0.25) is 0 Å². The molecule has 34 heavy (non-hydrogen) atoms. The monoisotopic (exact) mass is 462 g/mol. The highest BCUT2D eigenvalue weighted by atomic mass is 19.1. The van der Waals surface area contributed by atoms with Crippen LogP contribution in [0.4, 0.5) is 15.8 Å². The van der Waals surface area contributed by atoms with Crippen molar-refractivity contribution >= 4 is 35.3 Å². The third-order valence-corrected chi connectivity index (χ3v) is 4.63. The Balaban J connectivity index is 1.45. The zero-order chi connectivity index (χ0) is 24.5. The van der Waals surface area contributed by atoms with Gasteiger partial charge in [-0.05, 0) is 73.0 Å². The number of carbonyl (C=O) groups excluding carboxylic acids is 3. The molecule has 0 heterocycles. The molecule has 3 N–H and O–H groups in total. The second kappa shape index (κ2) is 11.4. The van der Waals surface area contributed by atoms with Crippen molar-refractivity contribution in [2.24, 2.45) is 5.10 Å². The normalized spacial score (nSPS) is 10.6. The zero-order valence-electron chi connectivity index (χ0n) is 18.6. The molecule has 174 valence electrons. The predicted octanol–water partition coefficient (Wildman–Crippen LogP) is 3.55. The fourth-order valence-electron chi connectivity index (χ4n) is 2.81. The van der Waals surface area contributed by atoms with Crippen molar-refractivity contribution in [2.75, 3.05) is 17.2 Å². The van der Waals surface area contributed by atoms with E-state index in [0.717, 1.165) is 22.9 Å². The van der Waals surface area contributed by atoms with E-state index < -0.39 is 17.6 Å². The van der Waals surface area contributed by atoms with Crippen molar-refractivity contribution in [2.45, 2.75) is 13.8 Å². The summed E-state index contributed by atoms with van der Waals surface area (Å²) >= 11 is 0. The number of aryl methyl sites for hydroxylation is 2. The van der Waals surface area contributed by atoms with Crippen LogP contribution in [0, 0.1) is 19.7 Å². The highest BCUT2D eigenvalue weighted by molar-refractivity contribution is 6.39. The highest BCUT2D eigenvalue weighted by Crippen LogP contribution is 2.17. The zero-order valence-corrected chi connectivity index (χ0v) is 18.6. The van der Waals surface area contributed by atoms with Crippen LogP contribution in [0.2, 0.25) is 0 Å². The number of hydrazone groups is 1. The van der Waals surface area contributed by atoms with Gasteiger partial charge in [0.1, 0.15) is 11.6 Å². The van der Waals surface area contributed by atoms with Crippen LogP contribution < -0.4 is 20.8 Å². The number of rotatable bonds is 7. The van der Waals surface area contributed by atoms with Crippen molar-refractivity contribution < 1.29 is 23.5 Å². The lowest BCUT2D eigenvalue weighted by molar-refractivity contribution is -0.136. The molecule has 0 bridgehead atoms. The second-order valence-corrected chi connectivity index (χ2v) is 7.36. The molecule has 3 amide bonds. The Labute approximate surface area is 195 Å². The summed E-state index contributed by atoms with van der Waals surface area (Å²) in [4.78, 5) is 35.8. The summed E-state index contributed by atoms with van der Waals surface area (Å²) in [6, 6.07) is 17.9. The van der Waals surface area contributed by atoms with E-state index >= 15 is 0 Å². The summed E-state index contributed by atoms with van der Waals surface area (Å²) in [6.07, 6.45) is 1.32. The van der Waals surface area contributed by atoms with Crippen molar-refractivity contribution in [3.63, 3.8) is 0 Å². The molecule has 3 aromatic rings. The van der Waals surface area contributed by atoms with Crippen molar-refractivity contribution in [1.29, 1.82) is 0 Å². The van der Waals surface area contributed by atoms with E-state index in [9.17, 15) is 18.8 Å². The summed E-state index contributed by atoms with van der Waals surface area (Å²) in [5.74, 6) is -2.56. The summed E-state index contributed by atoms with van der Waals surface area (Å²) in [5.41, 5.74) is 5.32. The minimum atomic E-state index is -1.05. The van der Waals surface area contributed by atoms with Gasteiger partial charge in [0.15, 0.2) is 6.61 Å². The number of hydrogen-bond donors (Lipinski definition) is 3. The molecule has 3 aromatic carbocycles. The smallest absolute Gasteiger partial charge is 0.329 e. The van der Waals surface area contributed by atoms with E-state index in [2.05, 4.69) is 21.2 Å². The Kier molecular flexibility index (Phi) is 8.07. The molecule has 0 aliphatic rings. The molecule has 0 saturated heterocycles. The Hall–Kier alpha value is -4.53. The van der Waals surface area contributed by atoms with Crippen molar-refractivity contribution in [3.8, 4) is 5.75 Å². The number of halogens is 1. The summed E-state index contributed by atoms with van der Waals surface area (Å²) in [5, 5.41) is 8.69. The molecule has 0 unspecified atom stereocenters. The van der Waals surface area contributed by atoms with Gasteiger partial charge in [-0.15, -0.1) is 0 Å². The first-order valence-electron chi connectivity index (χ1n) is 10.3. The lowest BCUT2D eigenvalue weighted by Gasteiger charge is -2.10. The van der Waals surface area contributed by atoms with Crippen LogP contribution in [0.15, 0.2) is 71.8 Å². The third kappa shape index (κ3) is 6.99. The molecule has 0 saturated carbocycles. The maximum absolute atomic E-state index is 13.5. The number of ether oxygens (including phenoxy) is 1. The number of para-hydroxylation sites is 1. The van der Waals surface area contributed by atoms with Gasteiger partial charge in [-0.3, -0.25) is 14.4 Å². The van der Waals surface area contributed by atoms with Gasteiger partial charge in [0.05, 0.1) is 11.9 Å². The number of carbonyl (C=O) groups is 3. The number of nitrogens with zero attached hydrogens (tertiary/aromatic N) is 1. The molecule has 0 radical (unpaired) electrons. The van der Waals surface area contributed by atoms with E-state index in [1.54, 1.807) is 24.3 Å². The Morgan fingerprint density at radius 3 is 2.38 bits per heavy atom. The van der Waals surface area contributed by atoms with Crippen LogP contribution in [0.25, 0.3) is 0 Å². The first-order valence-corrected chi connectivity index (χ1v) is 10.3. The minimum absolute atomic E-state index is 0.107. The topological polar surface area (TPSA) is 109 Å². The SMILES string of the molecule is Cc1ccc(C)c(NC(=O)COc2ccc(/C=N\NC(=O)C(=O)Nc3ccccc3F)cc2)c1. The maximum atomic E-state index is 13.5. The van der Waals surface area contributed by atoms with Gasteiger partial charge in [-0.2, -0.15) is 5.10 Å². The average molecular weight is 462 g/mol. The molecule has 0 atom stereocenters. The van der Waals surface area contributed by atoms with Gasteiger partial charge in [-0.1, -0.05) is 24.3 Å². The van der Waals surface area contributed by atoms with Gasteiger partial charge in [0.25, 0.3) is 5.91 Å². The van der Waals surface area contributed by atoms with E-state index in [1.165, 1.54) is 24.4 Å². The molecule has 0 aromatic heterocycles. The summed E-state index contributed by atoms with van der Waals surface area (Å²) < 4.78 is 19.0. The first-order chi connectivity index (χ1) is 16.3. The van der Waals surface area contributed by atoms with Crippen molar-refractivity contribution in [3.05, 3.63) is 89.2 Å². The van der Waals surface area contributed by atoms with Gasteiger partial charge >= 0.3 is 11.8 Å². The van der Waals surface area contributed by atoms with E-state index in [0.29, 0.717) is 11.3 Å². The fraction of sp³-hybridized carbons (Fsp3) is 0.120. The molecule has 0 aliphatic heterocycles. The minimum Gasteiger partial charge on any atom is -0.484 e. The van der Waals surface area contributed by atoms with Gasteiger partial charge in [-0.25, -0.2) is 9.82 Å². The van der Waals surface area contributed by atoms with Crippen LogP contribution in [0.1, 0.15) is 16.7 Å². The van der Waals surface area contributed by atoms with Crippen LogP contribution in [0.3, 0.4) is 0 Å². The number of benzene rings is 3. The number of hydrogen-bond acceptors (Lipinski definition) is 5. The fourth-order valence-corrected chi connectivity index (χ4v) is 2.81. The number of nitrogens with one attached hydrogen (secondary N) is 3. The third-order valence-electron chi connectivity index (χ3n) is 4.63. The molecular formula is C25H23FN4O4. The highest BCUT2D eigenvalue weighted by Gasteiger charge is 2.14. The lowest BCUT2D eigenvalue weighted by Crippen LogP contribution is -2.32. The van der Waals surface area contributed by atoms with Crippen LogP contribution in [-0.4, -0.2) is 30.5 Å². The van der Waals surface area contributed by atoms with Gasteiger partial charge < -0.3 is 15.4 Å². The van der Waals surface area contributed by atoms with Crippen LogP contribution >= 0.6 is 0 Å². The van der Waals surface area contributed by atoms with E-state index in [1.807, 2.05) is 32.0 Å². The molecule has 9 heteroatoms. The molecule has 3 rings (SSSR count). The predicted molar refractivity (Wildman–Crippen MR) is 127 cm³/mol. The van der Waals surface area contributed by atoms with E-state index in [4.69, 9.17) is 4.74 Å². The molecule has 0 fully saturated rings. The standard InChI is InChI=1S/C25H23FN4O4/c1-16-7-8-17(2)22(13-16)28-23(31)15-34-19-11-9-18(10-12-19)14-27-30-25(33)24(32)29-21-6-4-3-5-20(21)26/h3-14H,15H2,1-2H3,(H,28,31)(H,29,32)(H,30,33)/b27-14-. The van der Waals surface area contributed by atoms with Crippen LogP contribution in [0.5, 0.6) is 5.75 Å². The first kappa shape index (κ1) is 24.1. The molecule has 0 aliphatic carbocycles. The Bertz CT molecular complexity index is 1230. The molecule has 0 spiro atoms. The van der Waals surface area contributed by atoms with Gasteiger partial charge in [0, 0.05) is 5.69 Å². The molecule has 8 nitrogen and oxygen atoms in total. The number of anilines is 2. The average Bonchev–Trinajstić information content (AvgIpc) is 2.82. The Morgan fingerprint density at radius 1 is 0.912 bits per heavy atom. The van der Waals surface area contributed by atoms with Crippen molar-refractivity contribution in [1.82, 2.24) is 5.43 Å². The largest absolute Gasteiger partial charge is 0.484 e. The quantitative estimate of drug-likeness (QED) is 0.283. The van der Waals surface area contributed by atoms with Crippen LogP contribution in [-0.2, 0) is 14.4 Å². The Morgan fingerprint density at radius 2 is 1.65 bits per heavy atom. The molecular weight excluding hydrogens is 439 g/mol. The lowest BCUT2D eigenvalue weighted by atomic mass is 10.1. The number of amides is 3.